The summed E-state index contributed by atoms with van der Waals surface area (Å²) in [7, 11) is 0. The van der Waals surface area contributed by atoms with E-state index in [0.717, 1.165) is 15.9 Å². The monoisotopic (exact) mass is 423 g/mol. The summed E-state index contributed by atoms with van der Waals surface area (Å²) in [4.78, 5) is 11.7. The molecule has 7 heteroatoms. The van der Waals surface area contributed by atoms with E-state index in [1.165, 1.54) is 42.6 Å². The third-order valence-electron chi connectivity index (χ3n) is 6.25. The number of thiocarbonyl (C=S) groups is 1. The first-order valence-corrected chi connectivity index (χ1v) is 11.5. The molecule has 2 atom stereocenters. The van der Waals surface area contributed by atoms with Gasteiger partial charge in [0.1, 0.15) is 0 Å². The smallest absolute Gasteiger partial charge is 0.193 e. The highest BCUT2D eigenvalue weighted by atomic mass is 32.1. The number of nitrogens with zero attached hydrogens (tertiary/aromatic N) is 4. The summed E-state index contributed by atoms with van der Waals surface area (Å²) >= 11 is 7.53. The number of hydrogen-bond donors (Lipinski definition) is 1. The minimum absolute atomic E-state index is 0.0505. The van der Waals surface area contributed by atoms with Crippen molar-refractivity contribution < 1.29 is 0 Å². The van der Waals surface area contributed by atoms with Gasteiger partial charge in [0, 0.05) is 35.2 Å². The van der Waals surface area contributed by atoms with Gasteiger partial charge in [-0.25, -0.2) is 4.98 Å². The summed E-state index contributed by atoms with van der Waals surface area (Å²) in [5.41, 5.74) is 4.79. The zero-order valence-electron chi connectivity index (χ0n) is 16.7. The Bertz CT molecular complexity index is 1010. The first-order valence-electron chi connectivity index (χ1n) is 10.2. The van der Waals surface area contributed by atoms with Crippen molar-refractivity contribution >= 4 is 28.7 Å². The maximum atomic E-state index is 5.86. The van der Waals surface area contributed by atoms with Crippen LogP contribution in [0.5, 0.6) is 0 Å². The second-order valence-electron chi connectivity index (χ2n) is 7.95. The average molecular weight is 424 g/mol. The molecule has 5 nitrogen and oxygen atoms in total. The summed E-state index contributed by atoms with van der Waals surface area (Å²) in [5.74, 6) is 0. The lowest BCUT2D eigenvalue weighted by molar-refractivity contribution is 0.245. The number of pyridine rings is 1. The fourth-order valence-corrected chi connectivity index (χ4v) is 6.12. The van der Waals surface area contributed by atoms with Crippen LogP contribution in [0.15, 0.2) is 42.0 Å². The zero-order valence-corrected chi connectivity index (χ0v) is 18.3. The van der Waals surface area contributed by atoms with Crippen molar-refractivity contribution in [3.05, 3.63) is 64.7 Å². The van der Waals surface area contributed by atoms with Gasteiger partial charge < -0.3 is 10.2 Å². The van der Waals surface area contributed by atoms with Crippen LogP contribution in [-0.2, 0) is 0 Å². The van der Waals surface area contributed by atoms with Gasteiger partial charge in [0.05, 0.1) is 17.8 Å². The summed E-state index contributed by atoms with van der Waals surface area (Å²) < 4.78 is 2.27. The maximum Gasteiger partial charge on any atom is 0.193 e. The van der Waals surface area contributed by atoms with Crippen molar-refractivity contribution in [2.45, 2.75) is 57.7 Å². The molecule has 29 heavy (non-hydrogen) atoms. The molecule has 2 fully saturated rings. The second kappa shape index (κ2) is 7.54. The Balaban J connectivity index is 1.64. The summed E-state index contributed by atoms with van der Waals surface area (Å²) in [6.45, 7) is 4.36. The van der Waals surface area contributed by atoms with E-state index in [1.807, 2.05) is 23.8 Å². The first kappa shape index (κ1) is 18.8. The number of hydrogen-bond acceptors (Lipinski definition) is 4. The van der Waals surface area contributed by atoms with Gasteiger partial charge in [-0.15, -0.1) is 11.3 Å². The SMILES string of the molecule is Cc1cc([C@H]2[C@H](c3ccccn3)NC(=S)N2C2CCCC2)c(C)n1-c1nccs1. The molecule has 1 saturated heterocycles. The molecule has 4 heterocycles. The van der Waals surface area contributed by atoms with Crippen LogP contribution < -0.4 is 5.32 Å². The molecule has 1 saturated carbocycles. The lowest BCUT2D eigenvalue weighted by Crippen LogP contribution is -2.37. The normalized spacial score (nSPS) is 22.4. The Kier molecular flexibility index (Phi) is 4.87. The quantitative estimate of drug-likeness (QED) is 0.607. The van der Waals surface area contributed by atoms with Crippen molar-refractivity contribution in [3.63, 3.8) is 0 Å². The second-order valence-corrected chi connectivity index (χ2v) is 9.21. The Labute approximate surface area is 180 Å². The summed E-state index contributed by atoms with van der Waals surface area (Å²) in [6, 6.07) is 9.13. The van der Waals surface area contributed by atoms with Gasteiger partial charge in [-0.2, -0.15) is 0 Å². The predicted octanol–water partition coefficient (Wildman–Crippen LogP) is 4.86. The van der Waals surface area contributed by atoms with Gasteiger partial charge in [-0.1, -0.05) is 18.9 Å². The Morgan fingerprint density at radius 1 is 1.14 bits per heavy atom. The molecule has 0 unspecified atom stereocenters. The van der Waals surface area contributed by atoms with Crippen LogP contribution in [-0.4, -0.2) is 30.6 Å². The number of aryl methyl sites for hydroxylation is 1. The van der Waals surface area contributed by atoms with Crippen LogP contribution >= 0.6 is 23.6 Å². The van der Waals surface area contributed by atoms with E-state index in [9.17, 15) is 0 Å². The van der Waals surface area contributed by atoms with E-state index < -0.39 is 0 Å². The lowest BCUT2D eigenvalue weighted by atomic mass is 9.95. The lowest BCUT2D eigenvalue weighted by Gasteiger charge is -2.33. The van der Waals surface area contributed by atoms with Crippen molar-refractivity contribution in [1.82, 2.24) is 24.8 Å². The Hall–Kier alpha value is -2.25. The van der Waals surface area contributed by atoms with Crippen molar-refractivity contribution in [1.29, 1.82) is 0 Å². The van der Waals surface area contributed by atoms with E-state index >= 15 is 0 Å². The molecule has 5 rings (SSSR count). The fraction of sp³-hybridized carbons (Fsp3) is 0.409. The maximum absolute atomic E-state index is 5.86. The molecule has 2 aliphatic rings. The van der Waals surface area contributed by atoms with Crippen molar-refractivity contribution in [2.24, 2.45) is 0 Å². The highest BCUT2D eigenvalue weighted by molar-refractivity contribution is 7.80. The third-order valence-corrected chi connectivity index (χ3v) is 7.34. The van der Waals surface area contributed by atoms with E-state index in [4.69, 9.17) is 12.2 Å². The zero-order chi connectivity index (χ0) is 20.0. The van der Waals surface area contributed by atoms with Crippen LogP contribution in [0.2, 0.25) is 0 Å². The number of rotatable bonds is 4. The molecule has 1 aliphatic carbocycles. The van der Waals surface area contributed by atoms with E-state index in [2.05, 4.69) is 56.8 Å². The first-order chi connectivity index (χ1) is 14.1. The highest BCUT2D eigenvalue weighted by Crippen LogP contribution is 2.44. The van der Waals surface area contributed by atoms with Gasteiger partial charge in [0.25, 0.3) is 0 Å². The molecule has 3 aromatic heterocycles. The van der Waals surface area contributed by atoms with Gasteiger partial charge >= 0.3 is 0 Å². The minimum atomic E-state index is 0.0505. The minimum Gasteiger partial charge on any atom is -0.352 e. The molecule has 1 aliphatic heterocycles. The molecule has 3 aromatic rings. The standard InChI is InChI=1S/C22H25N5S2/c1-14-13-17(15(2)26(14)22-24-11-12-29-22)20-19(18-9-5-6-10-23-18)25-21(28)27(20)16-7-3-4-8-16/h5-6,9-13,16,19-20H,3-4,7-8H2,1-2H3,(H,25,28)/t19-,20-/m0/s1. The largest absolute Gasteiger partial charge is 0.352 e. The highest BCUT2D eigenvalue weighted by Gasteiger charge is 2.44. The van der Waals surface area contributed by atoms with Gasteiger partial charge in [-0.05, 0) is 62.7 Å². The van der Waals surface area contributed by atoms with Crippen molar-refractivity contribution in [2.75, 3.05) is 0 Å². The molecule has 1 N–H and O–H groups in total. The molecular formula is C22H25N5S2. The van der Waals surface area contributed by atoms with Gasteiger partial charge in [0.15, 0.2) is 10.2 Å². The number of thiazole rings is 1. The molecule has 0 spiro atoms. The van der Waals surface area contributed by atoms with E-state index in [-0.39, 0.29) is 12.1 Å². The third kappa shape index (κ3) is 3.16. The van der Waals surface area contributed by atoms with Gasteiger partial charge in [-0.3, -0.25) is 9.55 Å². The Morgan fingerprint density at radius 2 is 1.97 bits per heavy atom. The molecule has 0 aromatic carbocycles. The predicted molar refractivity (Wildman–Crippen MR) is 120 cm³/mol. The van der Waals surface area contributed by atoms with Crippen LogP contribution in [0.25, 0.3) is 5.13 Å². The fourth-order valence-electron chi connectivity index (χ4n) is 4.98. The van der Waals surface area contributed by atoms with E-state index in [0.29, 0.717) is 6.04 Å². The van der Waals surface area contributed by atoms with Crippen LogP contribution in [0, 0.1) is 13.8 Å². The van der Waals surface area contributed by atoms with Crippen LogP contribution in [0.3, 0.4) is 0 Å². The topological polar surface area (TPSA) is 46.0 Å². The van der Waals surface area contributed by atoms with Gasteiger partial charge in [0.2, 0.25) is 0 Å². The summed E-state index contributed by atoms with van der Waals surface area (Å²) in [6.07, 6.45) is 8.71. The molecule has 0 amide bonds. The molecular weight excluding hydrogens is 398 g/mol. The molecule has 150 valence electrons. The molecule has 0 bridgehead atoms. The van der Waals surface area contributed by atoms with Crippen molar-refractivity contribution in [3.8, 4) is 5.13 Å². The van der Waals surface area contributed by atoms with Crippen LogP contribution in [0.1, 0.15) is 60.4 Å². The average Bonchev–Trinajstić information content (AvgIpc) is 3.50. The molecule has 0 radical (unpaired) electrons. The number of aromatic nitrogens is 3. The Morgan fingerprint density at radius 3 is 2.66 bits per heavy atom. The van der Waals surface area contributed by atoms with Crippen LogP contribution in [0.4, 0.5) is 0 Å². The number of nitrogens with one attached hydrogen (secondary N) is 1. The summed E-state index contributed by atoms with van der Waals surface area (Å²) in [5, 5.41) is 7.51. The van der Waals surface area contributed by atoms with E-state index in [1.54, 1.807) is 11.3 Å².